The van der Waals surface area contributed by atoms with E-state index in [4.69, 9.17) is 10.2 Å². The van der Waals surface area contributed by atoms with Crippen molar-refractivity contribution in [1.82, 2.24) is 5.32 Å². The van der Waals surface area contributed by atoms with Crippen LogP contribution in [0, 0.1) is 0 Å². The maximum absolute atomic E-state index is 11.3. The fraction of sp³-hybridized carbons (Fsp3) is 0.300. The molecule has 0 aliphatic rings. The first kappa shape index (κ1) is 10.7. The van der Waals surface area contributed by atoms with Crippen LogP contribution in [0.3, 0.4) is 0 Å². The Morgan fingerprint density at radius 2 is 1.86 bits per heavy atom. The summed E-state index contributed by atoms with van der Waals surface area (Å²) in [6.07, 6.45) is 0. The van der Waals surface area contributed by atoms with Gasteiger partial charge in [-0.25, -0.2) is 0 Å². The number of benzene rings is 1. The van der Waals surface area contributed by atoms with E-state index >= 15 is 0 Å². The minimum Gasteiger partial charge on any atom is -0.395 e. The third kappa shape index (κ3) is 2.83. The lowest BCUT2D eigenvalue weighted by Crippen LogP contribution is -2.26. The van der Waals surface area contributed by atoms with Gasteiger partial charge in [-0.2, -0.15) is 0 Å². The summed E-state index contributed by atoms with van der Waals surface area (Å²) in [5.41, 5.74) is 1.29. The van der Waals surface area contributed by atoms with Crippen LogP contribution in [-0.4, -0.2) is 29.3 Å². The van der Waals surface area contributed by atoms with E-state index in [1.54, 1.807) is 24.3 Å². The monoisotopic (exact) mass is 195 g/mol. The van der Waals surface area contributed by atoms with E-state index < -0.39 is 0 Å². The predicted molar refractivity (Wildman–Crippen MR) is 51.8 cm³/mol. The second kappa shape index (κ2) is 5.36. The SMILES string of the molecule is O=C(NCCO)c1ccc(CO)cc1. The van der Waals surface area contributed by atoms with Crippen molar-refractivity contribution in [3.63, 3.8) is 0 Å². The molecule has 0 radical (unpaired) electrons. The number of aliphatic hydroxyl groups excluding tert-OH is 2. The van der Waals surface area contributed by atoms with Gasteiger partial charge >= 0.3 is 0 Å². The molecule has 1 amide bonds. The maximum Gasteiger partial charge on any atom is 0.251 e. The first-order valence-electron chi connectivity index (χ1n) is 4.37. The third-order valence-corrected chi connectivity index (χ3v) is 1.80. The van der Waals surface area contributed by atoms with Gasteiger partial charge in [-0.05, 0) is 17.7 Å². The van der Waals surface area contributed by atoms with Crippen molar-refractivity contribution in [2.75, 3.05) is 13.2 Å². The zero-order valence-electron chi connectivity index (χ0n) is 7.73. The lowest BCUT2D eigenvalue weighted by Gasteiger charge is -2.03. The van der Waals surface area contributed by atoms with Gasteiger partial charge < -0.3 is 15.5 Å². The molecule has 0 unspecified atom stereocenters. The summed E-state index contributed by atoms with van der Waals surface area (Å²) in [6, 6.07) is 6.65. The van der Waals surface area contributed by atoms with Gasteiger partial charge in [0.25, 0.3) is 5.91 Å². The summed E-state index contributed by atoms with van der Waals surface area (Å²) in [5.74, 6) is -0.219. The van der Waals surface area contributed by atoms with Crippen molar-refractivity contribution in [3.8, 4) is 0 Å². The van der Waals surface area contributed by atoms with E-state index in [9.17, 15) is 4.79 Å². The second-order valence-corrected chi connectivity index (χ2v) is 2.83. The van der Waals surface area contributed by atoms with Gasteiger partial charge in [0.05, 0.1) is 13.2 Å². The fourth-order valence-corrected chi connectivity index (χ4v) is 1.03. The van der Waals surface area contributed by atoms with Crippen molar-refractivity contribution in [2.24, 2.45) is 0 Å². The summed E-state index contributed by atoms with van der Waals surface area (Å²) >= 11 is 0. The molecule has 0 heterocycles. The second-order valence-electron chi connectivity index (χ2n) is 2.83. The molecule has 0 aromatic heterocycles. The first-order valence-corrected chi connectivity index (χ1v) is 4.37. The molecular weight excluding hydrogens is 182 g/mol. The van der Waals surface area contributed by atoms with Crippen molar-refractivity contribution >= 4 is 5.91 Å². The smallest absolute Gasteiger partial charge is 0.251 e. The van der Waals surface area contributed by atoms with Gasteiger partial charge in [-0.15, -0.1) is 0 Å². The van der Waals surface area contributed by atoms with Gasteiger partial charge in [0, 0.05) is 12.1 Å². The summed E-state index contributed by atoms with van der Waals surface area (Å²) in [5, 5.41) is 19.8. The highest BCUT2D eigenvalue weighted by Crippen LogP contribution is 2.03. The minimum absolute atomic E-state index is 0.0292. The van der Waals surface area contributed by atoms with Gasteiger partial charge in [-0.1, -0.05) is 12.1 Å². The molecule has 1 rings (SSSR count). The van der Waals surface area contributed by atoms with Crippen LogP contribution in [0.15, 0.2) is 24.3 Å². The molecule has 0 saturated heterocycles. The average Bonchev–Trinajstić information content (AvgIpc) is 2.26. The predicted octanol–water partition coefficient (Wildman–Crippen LogP) is -0.0990. The Morgan fingerprint density at radius 3 is 2.36 bits per heavy atom. The number of carbonyl (C=O) groups is 1. The molecule has 3 N–H and O–H groups in total. The van der Waals surface area contributed by atoms with Crippen molar-refractivity contribution in [1.29, 1.82) is 0 Å². The van der Waals surface area contributed by atoms with E-state index in [-0.39, 0.29) is 25.7 Å². The van der Waals surface area contributed by atoms with E-state index in [0.29, 0.717) is 5.56 Å². The highest BCUT2D eigenvalue weighted by Gasteiger charge is 2.03. The van der Waals surface area contributed by atoms with Crippen molar-refractivity contribution in [3.05, 3.63) is 35.4 Å². The zero-order chi connectivity index (χ0) is 10.4. The number of hydrogen-bond donors (Lipinski definition) is 3. The lowest BCUT2D eigenvalue weighted by atomic mass is 10.1. The molecule has 14 heavy (non-hydrogen) atoms. The standard InChI is InChI=1S/C10H13NO3/c12-6-5-11-10(14)9-3-1-8(7-13)2-4-9/h1-4,12-13H,5-7H2,(H,11,14). The average molecular weight is 195 g/mol. The van der Waals surface area contributed by atoms with E-state index in [1.807, 2.05) is 0 Å². The van der Waals surface area contributed by atoms with Crippen LogP contribution in [0.2, 0.25) is 0 Å². The van der Waals surface area contributed by atoms with Crippen molar-refractivity contribution in [2.45, 2.75) is 6.61 Å². The number of hydrogen-bond acceptors (Lipinski definition) is 3. The molecule has 0 saturated carbocycles. The number of rotatable bonds is 4. The fourth-order valence-electron chi connectivity index (χ4n) is 1.03. The molecule has 0 bridgehead atoms. The van der Waals surface area contributed by atoms with Crippen LogP contribution >= 0.6 is 0 Å². The van der Waals surface area contributed by atoms with Crippen LogP contribution in [0.25, 0.3) is 0 Å². The van der Waals surface area contributed by atoms with Gasteiger partial charge in [-0.3, -0.25) is 4.79 Å². The summed E-state index contributed by atoms with van der Waals surface area (Å²) in [7, 11) is 0. The Labute approximate surface area is 82.2 Å². The van der Waals surface area contributed by atoms with E-state index in [0.717, 1.165) is 5.56 Å². The largest absolute Gasteiger partial charge is 0.395 e. The molecule has 4 heteroatoms. The van der Waals surface area contributed by atoms with E-state index in [1.165, 1.54) is 0 Å². The number of nitrogens with one attached hydrogen (secondary N) is 1. The summed E-state index contributed by atoms with van der Waals surface area (Å²) < 4.78 is 0. The Balaban J connectivity index is 2.62. The highest BCUT2D eigenvalue weighted by molar-refractivity contribution is 5.94. The Bertz CT molecular complexity index is 295. The minimum atomic E-state index is -0.219. The summed E-state index contributed by atoms with van der Waals surface area (Å²) in [4.78, 5) is 11.3. The Hall–Kier alpha value is -1.39. The lowest BCUT2D eigenvalue weighted by molar-refractivity contribution is 0.0944. The Morgan fingerprint density at radius 1 is 1.21 bits per heavy atom. The van der Waals surface area contributed by atoms with Gasteiger partial charge in [0.15, 0.2) is 0 Å². The van der Waals surface area contributed by atoms with Crippen molar-refractivity contribution < 1.29 is 15.0 Å². The number of carbonyl (C=O) groups excluding carboxylic acids is 1. The van der Waals surface area contributed by atoms with Crippen LogP contribution in [0.1, 0.15) is 15.9 Å². The number of amides is 1. The first-order chi connectivity index (χ1) is 6.77. The van der Waals surface area contributed by atoms with Crippen LogP contribution in [0.4, 0.5) is 0 Å². The molecule has 76 valence electrons. The topological polar surface area (TPSA) is 69.6 Å². The van der Waals surface area contributed by atoms with Gasteiger partial charge in [0.1, 0.15) is 0 Å². The van der Waals surface area contributed by atoms with Crippen LogP contribution in [-0.2, 0) is 6.61 Å². The molecule has 0 aliphatic heterocycles. The Kier molecular flexibility index (Phi) is 4.10. The normalized spacial score (nSPS) is 9.86. The van der Waals surface area contributed by atoms with Gasteiger partial charge in [0.2, 0.25) is 0 Å². The maximum atomic E-state index is 11.3. The molecule has 0 atom stereocenters. The molecule has 4 nitrogen and oxygen atoms in total. The molecule has 1 aromatic rings. The summed E-state index contributed by atoms with van der Waals surface area (Å²) in [6.45, 7) is 0.152. The van der Waals surface area contributed by atoms with Crippen LogP contribution < -0.4 is 5.32 Å². The number of aliphatic hydroxyl groups is 2. The van der Waals surface area contributed by atoms with Crippen LogP contribution in [0.5, 0.6) is 0 Å². The third-order valence-electron chi connectivity index (χ3n) is 1.80. The van der Waals surface area contributed by atoms with E-state index in [2.05, 4.69) is 5.32 Å². The molecule has 1 aromatic carbocycles. The molecule has 0 spiro atoms. The molecular formula is C10H13NO3. The molecule has 0 fully saturated rings. The molecule has 0 aliphatic carbocycles. The highest BCUT2D eigenvalue weighted by atomic mass is 16.3. The zero-order valence-corrected chi connectivity index (χ0v) is 7.73. The quantitative estimate of drug-likeness (QED) is 0.628.